The molecule has 2 heteroatoms. The third-order valence-electron chi connectivity index (χ3n) is 4.14. The fraction of sp³-hybridized carbons (Fsp3) is 0.200. The maximum Gasteiger partial charge on any atom is 0.0812 e. The van der Waals surface area contributed by atoms with Gasteiger partial charge in [-0.05, 0) is 60.6 Å². The lowest BCUT2D eigenvalue weighted by Gasteiger charge is -2.18. The van der Waals surface area contributed by atoms with Gasteiger partial charge >= 0.3 is 0 Å². The highest BCUT2D eigenvalue weighted by Crippen LogP contribution is 2.32. The first kappa shape index (κ1) is 15.1. The Kier molecular flexibility index (Phi) is 4.79. The molecule has 0 saturated carbocycles. The van der Waals surface area contributed by atoms with Crippen molar-refractivity contribution in [1.82, 2.24) is 0 Å². The number of hydrogen-bond donors (Lipinski definition) is 0. The standard InChI is InChI=1S/C20H19FS/c1-15-6-2-4-8-19(15)20-9-5-3-7-17(20)14-16-10-12-18(22-21)13-11-16/h2,4-6,8-13H,3,7,14H2,1H3. The molecule has 2 aromatic rings. The first-order valence-corrected chi connectivity index (χ1v) is 8.31. The predicted molar refractivity (Wildman–Crippen MR) is 93.6 cm³/mol. The number of hydrogen-bond acceptors (Lipinski definition) is 1. The Balaban J connectivity index is 1.94. The SMILES string of the molecule is Cc1ccccc1C1=C(Cc2ccc(SF)cc2)CCC=C1. The van der Waals surface area contributed by atoms with Crippen LogP contribution in [0, 0.1) is 6.92 Å². The van der Waals surface area contributed by atoms with E-state index >= 15 is 0 Å². The molecule has 0 spiro atoms. The van der Waals surface area contributed by atoms with Crippen molar-refractivity contribution in [1.29, 1.82) is 0 Å². The molecule has 0 aliphatic heterocycles. The van der Waals surface area contributed by atoms with Crippen LogP contribution in [-0.4, -0.2) is 0 Å². The zero-order valence-electron chi connectivity index (χ0n) is 12.7. The molecule has 0 radical (unpaired) electrons. The van der Waals surface area contributed by atoms with E-state index in [-0.39, 0.29) is 0 Å². The maximum absolute atomic E-state index is 12.5. The summed E-state index contributed by atoms with van der Waals surface area (Å²) in [5, 5.41) is 0. The molecule has 0 bridgehead atoms. The van der Waals surface area contributed by atoms with E-state index in [4.69, 9.17) is 0 Å². The molecular formula is C20H19FS. The zero-order valence-corrected chi connectivity index (χ0v) is 13.5. The molecule has 22 heavy (non-hydrogen) atoms. The van der Waals surface area contributed by atoms with Crippen molar-refractivity contribution in [3.63, 3.8) is 0 Å². The Morgan fingerprint density at radius 3 is 2.55 bits per heavy atom. The molecule has 1 aliphatic carbocycles. The van der Waals surface area contributed by atoms with Gasteiger partial charge in [0.15, 0.2) is 0 Å². The van der Waals surface area contributed by atoms with Gasteiger partial charge in [0, 0.05) is 4.90 Å². The lowest BCUT2D eigenvalue weighted by molar-refractivity contribution is 0.914. The summed E-state index contributed by atoms with van der Waals surface area (Å²) >= 11 is 0.300. The molecule has 0 atom stereocenters. The molecule has 112 valence electrons. The van der Waals surface area contributed by atoms with Crippen LogP contribution in [0.1, 0.15) is 29.5 Å². The predicted octanol–water partition coefficient (Wildman–Crippen LogP) is 6.32. The molecule has 0 N–H and O–H groups in total. The molecule has 0 unspecified atom stereocenters. The monoisotopic (exact) mass is 310 g/mol. The van der Waals surface area contributed by atoms with Gasteiger partial charge < -0.3 is 0 Å². The van der Waals surface area contributed by atoms with Crippen LogP contribution in [0.2, 0.25) is 0 Å². The molecular weight excluding hydrogens is 291 g/mol. The van der Waals surface area contributed by atoms with Gasteiger partial charge in [-0.3, -0.25) is 0 Å². The third-order valence-corrected chi connectivity index (χ3v) is 4.59. The molecule has 1 aliphatic rings. The summed E-state index contributed by atoms with van der Waals surface area (Å²) < 4.78 is 12.5. The normalized spacial score (nSPS) is 14.5. The van der Waals surface area contributed by atoms with Crippen molar-refractivity contribution in [3.8, 4) is 0 Å². The van der Waals surface area contributed by atoms with Gasteiger partial charge in [-0.1, -0.05) is 54.1 Å². The summed E-state index contributed by atoms with van der Waals surface area (Å²) in [6.07, 6.45) is 7.65. The third kappa shape index (κ3) is 3.33. The molecule has 0 aromatic heterocycles. The van der Waals surface area contributed by atoms with Crippen LogP contribution in [0.5, 0.6) is 0 Å². The van der Waals surface area contributed by atoms with Gasteiger partial charge in [-0.15, -0.1) is 0 Å². The molecule has 0 saturated heterocycles. The van der Waals surface area contributed by atoms with Crippen LogP contribution in [0.25, 0.3) is 5.57 Å². The summed E-state index contributed by atoms with van der Waals surface area (Å²) in [7, 11) is 0. The Hall–Kier alpha value is -1.80. The highest BCUT2D eigenvalue weighted by atomic mass is 32.2. The van der Waals surface area contributed by atoms with Crippen LogP contribution in [0.3, 0.4) is 0 Å². The second kappa shape index (κ2) is 6.97. The highest BCUT2D eigenvalue weighted by Gasteiger charge is 2.12. The van der Waals surface area contributed by atoms with E-state index in [1.54, 1.807) is 0 Å². The van der Waals surface area contributed by atoms with Crippen molar-refractivity contribution in [2.75, 3.05) is 0 Å². The average molecular weight is 310 g/mol. The topological polar surface area (TPSA) is 0 Å². The summed E-state index contributed by atoms with van der Waals surface area (Å²) in [5.41, 5.74) is 6.70. The highest BCUT2D eigenvalue weighted by molar-refractivity contribution is 7.94. The van der Waals surface area contributed by atoms with Gasteiger partial charge in [0.2, 0.25) is 0 Å². The first-order valence-electron chi connectivity index (χ1n) is 7.60. The van der Waals surface area contributed by atoms with Crippen LogP contribution in [0.4, 0.5) is 3.89 Å². The molecule has 3 rings (SSSR count). The molecule has 0 fully saturated rings. The minimum atomic E-state index is 0.300. The van der Waals surface area contributed by atoms with Gasteiger partial charge in [0.05, 0.1) is 12.1 Å². The number of aryl methyl sites for hydroxylation is 1. The quantitative estimate of drug-likeness (QED) is 0.637. The van der Waals surface area contributed by atoms with Crippen LogP contribution >= 0.6 is 12.1 Å². The lowest BCUT2D eigenvalue weighted by atomic mass is 9.87. The molecule has 0 amide bonds. The summed E-state index contributed by atoms with van der Waals surface area (Å²) in [4.78, 5) is 0.667. The van der Waals surface area contributed by atoms with E-state index in [1.165, 1.54) is 27.8 Å². The molecule has 0 heterocycles. The van der Waals surface area contributed by atoms with E-state index in [2.05, 4.69) is 43.3 Å². The smallest absolute Gasteiger partial charge is 0.0812 e. The second-order valence-corrected chi connectivity index (χ2v) is 6.30. The second-order valence-electron chi connectivity index (χ2n) is 5.67. The van der Waals surface area contributed by atoms with Gasteiger partial charge in [-0.25, -0.2) is 0 Å². The van der Waals surface area contributed by atoms with E-state index in [9.17, 15) is 3.89 Å². The van der Waals surface area contributed by atoms with Crippen molar-refractivity contribution in [3.05, 3.63) is 82.9 Å². The number of allylic oxidation sites excluding steroid dienone is 4. The lowest BCUT2D eigenvalue weighted by Crippen LogP contribution is -2.00. The van der Waals surface area contributed by atoms with Gasteiger partial charge in [0.1, 0.15) is 0 Å². The van der Waals surface area contributed by atoms with Crippen molar-refractivity contribution < 1.29 is 3.89 Å². The van der Waals surface area contributed by atoms with E-state index in [0.717, 1.165) is 19.3 Å². The Labute approximate surface area is 136 Å². The van der Waals surface area contributed by atoms with E-state index in [1.807, 2.05) is 24.3 Å². The van der Waals surface area contributed by atoms with Crippen LogP contribution < -0.4 is 0 Å². The Morgan fingerprint density at radius 2 is 1.82 bits per heavy atom. The molecule has 2 aromatic carbocycles. The number of rotatable bonds is 4. The average Bonchev–Trinajstić information content (AvgIpc) is 2.57. The van der Waals surface area contributed by atoms with E-state index < -0.39 is 0 Å². The summed E-state index contributed by atoms with van der Waals surface area (Å²) in [6.45, 7) is 2.16. The number of halogens is 1. The minimum absolute atomic E-state index is 0.300. The van der Waals surface area contributed by atoms with E-state index in [0.29, 0.717) is 17.0 Å². The van der Waals surface area contributed by atoms with Gasteiger partial charge in [0.25, 0.3) is 0 Å². The largest absolute Gasteiger partial charge is 0.160 e. The Morgan fingerprint density at radius 1 is 1.05 bits per heavy atom. The fourth-order valence-corrected chi connectivity index (χ4v) is 3.19. The van der Waals surface area contributed by atoms with Crippen LogP contribution in [0.15, 0.2) is 71.2 Å². The van der Waals surface area contributed by atoms with Crippen molar-refractivity contribution >= 4 is 17.7 Å². The molecule has 0 nitrogen and oxygen atoms in total. The maximum atomic E-state index is 12.5. The van der Waals surface area contributed by atoms with Crippen molar-refractivity contribution in [2.24, 2.45) is 0 Å². The fourth-order valence-electron chi connectivity index (χ4n) is 2.96. The summed E-state index contributed by atoms with van der Waals surface area (Å²) in [6, 6.07) is 16.3. The van der Waals surface area contributed by atoms with Crippen LogP contribution in [-0.2, 0) is 6.42 Å². The number of benzene rings is 2. The zero-order chi connectivity index (χ0) is 15.4. The minimum Gasteiger partial charge on any atom is -0.160 e. The van der Waals surface area contributed by atoms with Gasteiger partial charge in [-0.2, -0.15) is 3.89 Å². The summed E-state index contributed by atoms with van der Waals surface area (Å²) in [5.74, 6) is 0. The van der Waals surface area contributed by atoms with Crippen molar-refractivity contribution in [2.45, 2.75) is 31.1 Å². The first-order chi connectivity index (χ1) is 10.8. The Bertz CT molecular complexity index is 711.